The highest BCUT2D eigenvalue weighted by molar-refractivity contribution is 7.45. The number of unbranched alkanes of at least 4 members (excludes halogenated alkanes) is 33. The lowest BCUT2D eigenvalue weighted by Crippen LogP contribution is -2.45. The van der Waals surface area contributed by atoms with Gasteiger partial charge < -0.3 is 28.8 Å². The van der Waals surface area contributed by atoms with Gasteiger partial charge in [0.15, 0.2) is 0 Å². The van der Waals surface area contributed by atoms with Crippen LogP contribution in [0.1, 0.15) is 264 Å². The van der Waals surface area contributed by atoms with E-state index in [2.05, 4.69) is 55.6 Å². The van der Waals surface area contributed by atoms with Crippen molar-refractivity contribution in [2.45, 2.75) is 276 Å². The van der Waals surface area contributed by atoms with Gasteiger partial charge in [0.05, 0.1) is 39.9 Å². The summed E-state index contributed by atoms with van der Waals surface area (Å²) in [7, 11) is 1.24. The Morgan fingerprint density at radius 3 is 1.33 bits per heavy atom. The average molecular weight is 964 g/mol. The zero-order valence-electron chi connectivity index (χ0n) is 44.9. The molecule has 0 fully saturated rings. The number of phosphoric ester groups is 1. The standard InChI is InChI=1S/C58H111N2O6P/c1-6-8-10-12-14-16-18-20-22-24-26-27-28-29-30-31-32-34-35-37-39-41-43-45-47-49-51-57(61)56(55-66-67(63,64)65-54-53-60(3,4)5)59-58(62)52-50-48-46-44-42-40-38-36-33-25-23-21-19-17-15-13-11-9-7-2/h15,17,21,23,41,43,49,51,56-57,61H,6-14,16,18-20,22,24-40,42,44-48,50,52-55H2,1-5H3,(H-,59,62,63,64)/b17-15-,23-21-,43-41+,51-49+. The maximum absolute atomic E-state index is 12.9. The molecule has 9 heteroatoms. The van der Waals surface area contributed by atoms with Crippen LogP contribution in [-0.4, -0.2) is 68.5 Å². The van der Waals surface area contributed by atoms with E-state index in [1.165, 1.54) is 199 Å². The molecule has 0 radical (unpaired) electrons. The summed E-state index contributed by atoms with van der Waals surface area (Å²) >= 11 is 0. The molecule has 1 amide bonds. The van der Waals surface area contributed by atoms with Crippen molar-refractivity contribution >= 4 is 13.7 Å². The summed E-state index contributed by atoms with van der Waals surface area (Å²) in [6.45, 7) is 4.62. The normalized spacial score (nSPS) is 14.3. The summed E-state index contributed by atoms with van der Waals surface area (Å²) in [6.07, 6.45) is 64.7. The van der Waals surface area contributed by atoms with Gasteiger partial charge in [0, 0.05) is 6.42 Å². The van der Waals surface area contributed by atoms with E-state index in [1.807, 2.05) is 27.2 Å². The van der Waals surface area contributed by atoms with E-state index in [1.54, 1.807) is 6.08 Å². The highest BCUT2D eigenvalue weighted by Gasteiger charge is 2.23. The predicted molar refractivity (Wildman–Crippen MR) is 288 cm³/mol. The van der Waals surface area contributed by atoms with Gasteiger partial charge in [0.25, 0.3) is 7.82 Å². The lowest BCUT2D eigenvalue weighted by Gasteiger charge is -2.29. The monoisotopic (exact) mass is 963 g/mol. The van der Waals surface area contributed by atoms with Gasteiger partial charge in [-0.25, -0.2) is 0 Å². The molecule has 2 N–H and O–H groups in total. The van der Waals surface area contributed by atoms with Gasteiger partial charge in [0.1, 0.15) is 13.2 Å². The van der Waals surface area contributed by atoms with Gasteiger partial charge in [-0.15, -0.1) is 0 Å². The van der Waals surface area contributed by atoms with Crippen LogP contribution in [0.2, 0.25) is 0 Å². The number of rotatable bonds is 52. The number of carbonyl (C=O) groups excluding carboxylic acids is 1. The first-order valence-electron chi connectivity index (χ1n) is 28.5. The molecule has 0 aromatic carbocycles. The number of quaternary nitrogens is 1. The fraction of sp³-hybridized carbons (Fsp3) is 0.845. The van der Waals surface area contributed by atoms with Crippen LogP contribution in [0.5, 0.6) is 0 Å². The van der Waals surface area contributed by atoms with E-state index in [-0.39, 0.29) is 12.5 Å². The Kier molecular flexibility index (Phi) is 48.3. The number of hydrogen-bond acceptors (Lipinski definition) is 6. The number of nitrogens with zero attached hydrogens (tertiary/aromatic N) is 1. The Morgan fingerprint density at radius 1 is 0.522 bits per heavy atom. The van der Waals surface area contributed by atoms with E-state index in [4.69, 9.17) is 9.05 Å². The van der Waals surface area contributed by atoms with E-state index in [0.717, 1.165) is 44.9 Å². The second-order valence-corrected chi connectivity index (χ2v) is 22.0. The SMILES string of the molecule is CCCCC/C=C\C/C=C\CCCCCCCCCCCC(=O)NC(COP(=O)([O-])OCC[N+](C)(C)C)C(O)/C=C/CC/C=C/CCCCCCCCCCCCCCCCCCCCCC. The van der Waals surface area contributed by atoms with Crippen molar-refractivity contribution in [2.75, 3.05) is 40.9 Å². The Labute approximate surface area is 416 Å². The molecule has 0 spiro atoms. The van der Waals surface area contributed by atoms with Crippen LogP contribution >= 0.6 is 7.82 Å². The maximum atomic E-state index is 12.9. The summed E-state index contributed by atoms with van der Waals surface area (Å²) in [5.74, 6) is -0.210. The first-order valence-corrected chi connectivity index (χ1v) is 30.0. The lowest BCUT2D eigenvalue weighted by atomic mass is 10.0. The molecule has 3 atom stereocenters. The largest absolute Gasteiger partial charge is 0.756 e. The van der Waals surface area contributed by atoms with Gasteiger partial charge in [-0.1, -0.05) is 242 Å². The zero-order chi connectivity index (χ0) is 49.2. The number of allylic oxidation sites excluding steroid dienone is 7. The molecule has 0 aliphatic carbocycles. The zero-order valence-corrected chi connectivity index (χ0v) is 45.7. The fourth-order valence-corrected chi connectivity index (χ4v) is 8.98. The fourth-order valence-electron chi connectivity index (χ4n) is 8.26. The van der Waals surface area contributed by atoms with Crippen LogP contribution < -0.4 is 10.2 Å². The minimum Gasteiger partial charge on any atom is -0.756 e. The Balaban J connectivity index is 4.26. The molecule has 67 heavy (non-hydrogen) atoms. The lowest BCUT2D eigenvalue weighted by molar-refractivity contribution is -0.870. The molecule has 394 valence electrons. The molecule has 3 unspecified atom stereocenters. The van der Waals surface area contributed by atoms with Gasteiger partial charge in [0.2, 0.25) is 5.91 Å². The number of aliphatic hydroxyl groups excluding tert-OH is 1. The summed E-state index contributed by atoms with van der Waals surface area (Å²) in [6, 6.07) is -0.907. The Hall–Kier alpha value is -1.54. The quantitative estimate of drug-likeness (QED) is 0.0272. The van der Waals surface area contributed by atoms with Crippen LogP contribution in [0.4, 0.5) is 0 Å². The number of aliphatic hydroxyl groups is 1. The first-order chi connectivity index (χ1) is 32.5. The van der Waals surface area contributed by atoms with E-state index in [0.29, 0.717) is 17.4 Å². The maximum Gasteiger partial charge on any atom is 0.268 e. The molecule has 0 aliphatic rings. The van der Waals surface area contributed by atoms with Crippen LogP contribution in [0.15, 0.2) is 48.6 Å². The summed E-state index contributed by atoms with van der Waals surface area (Å²) in [5, 5.41) is 13.9. The molecule has 0 aromatic heterocycles. The third kappa shape index (κ3) is 52.1. The smallest absolute Gasteiger partial charge is 0.268 e. The number of amides is 1. The highest BCUT2D eigenvalue weighted by atomic mass is 31.2. The van der Waals surface area contributed by atoms with E-state index < -0.39 is 26.6 Å². The number of carbonyl (C=O) groups is 1. The molecular formula is C58H111N2O6P. The van der Waals surface area contributed by atoms with Crippen molar-refractivity contribution in [3.05, 3.63) is 48.6 Å². The molecule has 8 nitrogen and oxygen atoms in total. The molecule has 0 heterocycles. The summed E-state index contributed by atoms with van der Waals surface area (Å²) in [5.41, 5.74) is 0. The van der Waals surface area contributed by atoms with E-state index in [9.17, 15) is 19.4 Å². The van der Waals surface area contributed by atoms with Gasteiger partial charge in [-0.3, -0.25) is 9.36 Å². The summed E-state index contributed by atoms with van der Waals surface area (Å²) in [4.78, 5) is 25.5. The van der Waals surface area contributed by atoms with Crippen molar-refractivity contribution in [2.24, 2.45) is 0 Å². The Bertz CT molecular complexity index is 1230. The topological polar surface area (TPSA) is 108 Å². The van der Waals surface area contributed by atoms with Crippen molar-refractivity contribution in [1.82, 2.24) is 5.32 Å². The first kappa shape index (κ1) is 65.5. The van der Waals surface area contributed by atoms with Crippen molar-refractivity contribution in [1.29, 1.82) is 0 Å². The van der Waals surface area contributed by atoms with Gasteiger partial charge in [-0.05, 0) is 64.2 Å². The molecule has 0 rings (SSSR count). The minimum absolute atomic E-state index is 0.00790. The molecule has 0 saturated heterocycles. The number of likely N-dealkylation sites (N-methyl/N-ethyl adjacent to an activating group) is 1. The molecule has 0 aliphatic heterocycles. The van der Waals surface area contributed by atoms with Crippen LogP contribution in [-0.2, 0) is 18.4 Å². The molecule has 0 bridgehead atoms. The number of hydrogen-bond donors (Lipinski definition) is 2. The predicted octanol–water partition coefficient (Wildman–Crippen LogP) is 16.5. The second-order valence-electron chi connectivity index (χ2n) is 20.6. The van der Waals surface area contributed by atoms with Crippen LogP contribution in [0.25, 0.3) is 0 Å². The van der Waals surface area contributed by atoms with Crippen molar-refractivity contribution < 1.29 is 32.9 Å². The van der Waals surface area contributed by atoms with Crippen molar-refractivity contribution in [3.8, 4) is 0 Å². The minimum atomic E-state index is -4.61. The third-order valence-corrected chi connectivity index (χ3v) is 13.7. The number of phosphoric acid groups is 1. The van der Waals surface area contributed by atoms with Gasteiger partial charge in [-0.2, -0.15) is 0 Å². The van der Waals surface area contributed by atoms with E-state index >= 15 is 0 Å². The van der Waals surface area contributed by atoms with Crippen LogP contribution in [0.3, 0.4) is 0 Å². The third-order valence-electron chi connectivity index (χ3n) is 12.8. The molecular weight excluding hydrogens is 852 g/mol. The number of nitrogens with one attached hydrogen (secondary N) is 1. The average Bonchev–Trinajstić information content (AvgIpc) is 3.29. The molecule has 0 saturated carbocycles. The van der Waals surface area contributed by atoms with Crippen molar-refractivity contribution in [3.63, 3.8) is 0 Å². The summed E-state index contributed by atoms with van der Waals surface area (Å²) < 4.78 is 23.3. The van der Waals surface area contributed by atoms with Crippen LogP contribution in [0, 0.1) is 0 Å². The molecule has 0 aromatic rings. The highest BCUT2D eigenvalue weighted by Crippen LogP contribution is 2.38. The second kappa shape index (κ2) is 49.4. The van der Waals surface area contributed by atoms with Gasteiger partial charge >= 0.3 is 0 Å². The Morgan fingerprint density at radius 2 is 0.881 bits per heavy atom.